The minimum atomic E-state index is -4.66. The highest BCUT2D eigenvalue weighted by Gasteiger charge is 2.37. The predicted molar refractivity (Wildman–Crippen MR) is 116 cm³/mol. The molecule has 1 saturated heterocycles. The predicted octanol–water partition coefficient (Wildman–Crippen LogP) is 3.49. The van der Waals surface area contributed by atoms with Crippen molar-refractivity contribution in [2.45, 2.75) is 50.9 Å². The second-order valence-corrected chi connectivity index (χ2v) is 9.21. The Labute approximate surface area is 189 Å². The van der Waals surface area contributed by atoms with Crippen LogP contribution in [-0.2, 0) is 6.18 Å². The van der Waals surface area contributed by atoms with Gasteiger partial charge >= 0.3 is 6.18 Å². The molecule has 1 saturated carbocycles. The molecule has 1 aliphatic heterocycles. The number of hydrogen-bond donors (Lipinski definition) is 2. The molecular weight excluding hydrogens is 433 g/mol. The van der Waals surface area contributed by atoms with Gasteiger partial charge in [-0.25, -0.2) is 4.98 Å². The summed E-state index contributed by atoms with van der Waals surface area (Å²) >= 11 is 0. The zero-order valence-corrected chi connectivity index (χ0v) is 18.4. The number of rotatable bonds is 5. The molecule has 2 aliphatic rings. The van der Waals surface area contributed by atoms with E-state index in [1.165, 1.54) is 12.3 Å². The highest BCUT2D eigenvalue weighted by molar-refractivity contribution is 6.04. The molecule has 2 fully saturated rings. The van der Waals surface area contributed by atoms with Crippen LogP contribution in [0.25, 0.3) is 11.1 Å². The molecule has 4 rings (SSSR count). The number of nitrogens with one attached hydrogen (secondary N) is 1. The average molecular weight is 458 g/mol. The molecule has 1 amide bonds. The van der Waals surface area contributed by atoms with Gasteiger partial charge in [0.15, 0.2) is 0 Å². The Morgan fingerprint density at radius 3 is 2.70 bits per heavy atom. The van der Waals surface area contributed by atoms with Crippen LogP contribution in [0.4, 0.5) is 18.9 Å². The minimum Gasteiger partial charge on any atom is -0.368 e. The smallest absolute Gasteiger partial charge is 0.368 e. The molecule has 1 unspecified atom stereocenters. The van der Waals surface area contributed by atoms with Crippen molar-refractivity contribution in [3.05, 3.63) is 41.5 Å². The molecule has 2 aromatic rings. The summed E-state index contributed by atoms with van der Waals surface area (Å²) in [4.78, 5) is 22.7. The Morgan fingerprint density at radius 1 is 1.39 bits per heavy atom. The lowest BCUT2D eigenvalue weighted by Crippen LogP contribution is -2.40. The lowest BCUT2D eigenvalue weighted by atomic mass is 9.97. The number of nitriles is 1. The molecule has 33 heavy (non-hydrogen) atoms. The Balaban J connectivity index is 1.89. The Bertz CT molecular complexity index is 1120. The Hall–Kier alpha value is -3.19. The van der Waals surface area contributed by atoms with Crippen molar-refractivity contribution in [3.63, 3.8) is 0 Å². The molecule has 1 aliphatic carbocycles. The summed E-state index contributed by atoms with van der Waals surface area (Å²) in [6.07, 6.45) is 0.418. The van der Waals surface area contributed by atoms with Crippen LogP contribution in [0, 0.1) is 17.2 Å². The number of halogens is 3. The zero-order chi connectivity index (χ0) is 24.0. The number of alkyl halides is 3. The van der Waals surface area contributed by atoms with Gasteiger partial charge in [-0.05, 0) is 56.7 Å². The standard InChI is InChI=1S/C23H25F3N6O/c1-13(14-3-4-14)31-21(33)16-11-30-17(10-27)19(20(16)32-8-6-22(2,28)12-32)15-5-7-29-18(9-15)23(24,25)26/h5,7,9,11,13-14H,3-4,6,8,12,28H2,1-2H3,(H,31,33)/t13?,22-/m0/s1. The van der Waals surface area contributed by atoms with Gasteiger partial charge in [0.2, 0.25) is 0 Å². The van der Waals surface area contributed by atoms with E-state index in [1.807, 2.05) is 24.8 Å². The fourth-order valence-electron chi connectivity index (χ4n) is 4.27. The topological polar surface area (TPSA) is 108 Å². The molecule has 3 heterocycles. The maximum atomic E-state index is 13.4. The van der Waals surface area contributed by atoms with Gasteiger partial charge in [0.1, 0.15) is 17.5 Å². The molecule has 0 bridgehead atoms. The van der Waals surface area contributed by atoms with Crippen LogP contribution in [0.5, 0.6) is 0 Å². The van der Waals surface area contributed by atoms with E-state index in [2.05, 4.69) is 15.3 Å². The minimum absolute atomic E-state index is 0.0412. The van der Waals surface area contributed by atoms with Gasteiger partial charge in [-0.1, -0.05) is 0 Å². The Morgan fingerprint density at radius 2 is 2.12 bits per heavy atom. The summed E-state index contributed by atoms with van der Waals surface area (Å²) in [5.41, 5.74) is 5.49. The third-order valence-corrected chi connectivity index (χ3v) is 6.25. The molecular formula is C23H25F3N6O. The van der Waals surface area contributed by atoms with Crippen molar-refractivity contribution in [3.8, 4) is 17.2 Å². The number of nitrogens with two attached hydrogens (primary N) is 1. The summed E-state index contributed by atoms with van der Waals surface area (Å²) in [7, 11) is 0. The lowest BCUT2D eigenvalue weighted by Gasteiger charge is -2.27. The quantitative estimate of drug-likeness (QED) is 0.710. The molecule has 0 aromatic carbocycles. The molecule has 2 aromatic heterocycles. The van der Waals surface area contributed by atoms with Crippen LogP contribution in [0.1, 0.15) is 54.9 Å². The highest BCUT2D eigenvalue weighted by atomic mass is 19.4. The van der Waals surface area contributed by atoms with Gasteiger partial charge in [-0.3, -0.25) is 9.78 Å². The number of nitrogens with zero attached hydrogens (tertiary/aromatic N) is 4. The first-order chi connectivity index (χ1) is 15.5. The van der Waals surface area contributed by atoms with Gasteiger partial charge in [-0.15, -0.1) is 0 Å². The van der Waals surface area contributed by atoms with Crippen molar-refractivity contribution >= 4 is 11.6 Å². The molecule has 7 nitrogen and oxygen atoms in total. The summed E-state index contributed by atoms with van der Waals surface area (Å²) in [6.45, 7) is 4.68. The summed E-state index contributed by atoms with van der Waals surface area (Å²) in [6, 6.07) is 4.20. The third-order valence-electron chi connectivity index (χ3n) is 6.25. The first-order valence-electron chi connectivity index (χ1n) is 10.8. The summed E-state index contributed by atoms with van der Waals surface area (Å²) in [5.74, 6) is 0.0373. The summed E-state index contributed by atoms with van der Waals surface area (Å²) in [5, 5.41) is 12.7. The van der Waals surface area contributed by atoms with Crippen molar-refractivity contribution in [1.82, 2.24) is 15.3 Å². The second kappa shape index (κ2) is 8.30. The van der Waals surface area contributed by atoms with Gasteiger partial charge in [0, 0.05) is 42.6 Å². The van der Waals surface area contributed by atoms with E-state index < -0.39 is 17.4 Å². The molecule has 2 atom stereocenters. The number of anilines is 1. The van der Waals surface area contributed by atoms with Crippen molar-refractivity contribution in [1.29, 1.82) is 5.26 Å². The zero-order valence-electron chi connectivity index (χ0n) is 18.4. The van der Waals surface area contributed by atoms with Crippen LogP contribution in [-0.4, -0.2) is 40.5 Å². The number of hydrogen-bond acceptors (Lipinski definition) is 6. The number of pyridine rings is 2. The van der Waals surface area contributed by atoms with E-state index in [9.17, 15) is 23.2 Å². The van der Waals surface area contributed by atoms with Gasteiger partial charge < -0.3 is 16.0 Å². The fourth-order valence-corrected chi connectivity index (χ4v) is 4.27. The molecule has 0 spiro atoms. The Kier molecular flexibility index (Phi) is 5.78. The molecule has 0 radical (unpaired) electrons. The van der Waals surface area contributed by atoms with Crippen LogP contribution < -0.4 is 16.0 Å². The highest BCUT2D eigenvalue weighted by Crippen LogP contribution is 2.40. The van der Waals surface area contributed by atoms with E-state index in [4.69, 9.17) is 5.73 Å². The van der Waals surface area contributed by atoms with Crippen molar-refractivity contribution in [2.75, 3.05) is 18.0 Å². The lowest BCUT2D eigenvalue weighted by molar-refractivity contribution is -0.141. The van der Waals surface area contributed by atoms with Crippen molar-refractivity contribution < 1.29 is 18.0 Å². The third kappa shape index (κ3) is 4.78. The number of amides is 1. The maximum absolute atomic E-state index is 13.4. The second-order valence-electron chi connectivity index (χ2n) is 9.21. The van der Waals surface area contributed by atoms with Gasteiger partial charge in [0.05, 0.1) is 11.3 Å². The fraction of sp³-hybridized carbons (Fsp3) is 0.478. The average Bonchev–Trinajstić information content (AvgIpc) is 3.55. The summed E-state index contributed by atoms with van der Waals surface area (Å²) < 4.78 is 40.1. The van der Waals surface area contributed by atoms with E-state index in [1.54, 1.807) is 0 Å². The van der Waals surface area contributed by atoms with Crippen LogP contribution >= 0.6 is 0 Å². The number of carbonyl (C=O) groups excluding carboxylic acids is 1. The van der Waals surface area contributed by atoms with E-state index >= 15 is 0 Å². The van der Waals surface area contributed by atoms with Crippen LogP contribution in [0.15, 0.2) is 24.5 Å². The van der Waals surface area contributed by atoms with Gasteiger partial charge in [0.25, 0.3) is 5.91 Å². The van der Waals surface area contributed by atoms with E-state index in [0.717, 1.165) is 25.1 Å². The van der Waals surface area contributed by atoms with Gasteiger partial charge in [-0.2, -0.15) is 18.4 Å². The number of carbonyl (C=O) groups is 1. The molecule has 3 N–H and O–H groups in total. The first-order valence-corrected chi connectivity index (χ1v) is 10.8. The monoisotopic (exact) mass is 458 g/mol. The van der Waals surface area contributed by atoms with E-state index in [-0.39, 0.29) is 34.3 Å². The molecule has 174 valence electrons. The first kappa shape index (κ1) is 23.0. The maximum Gasteiger partial charge on any atom is 0.433 e. The SMILES string of the molecule is CC(NC(=O)c1cnc(C#N)c(-c2ccnc(C(F)(F)F)c2)c1N1CC[C@](C)(N)C1)C1CC1. The van der Waals surface area contributed by atoms with Crippen molar-refractivity contribution in [2.24, 2.45) is 11.7 Å². The van der Waals surface area contributed by atoms with E-state index in [0.29, 0.717) is 31.1 Å². The van der Waals surface area contributed by atoms with Crippen LogP contribution in [0.3, 0.4) is 0 Å². The molecule has 10 heteroatoms. The largest absolute Gasteiger partial charge is 0.433 e. The number of aromatic nitrogens is 2. The van der Waals surface area contributed by atoms with Crippen LogP contribution in [0.2, 0.25) is 0 Å². The normalized spacial score (nSPS) is 21.5.